The molecule has 1 aromatic carbocycles. The molecule has 6 heteroatoms. The summed E-state index contributed by atoms with van der Waals surface area (Å²) in [7, 11) is 0. The van der Waals surface area contributed by atoms with Gasteiger partial charge in [0.15, 0.2) is 0 Å². The summed E-state index contributed by atoms with van der Waals surface area (Å²) in [6.07, 6.45) is 1.88. The maximum atomic E-state index is 11.2. The van der Waals surface area contributed by atoms with Crippen LogP contribution in [0.2, 0.25) is 0 Å². The van der Waals surface area contributed by atoms with Crippen molar-refractivity contribution in [2.75, 3.05) is 0 Å². The van der Waals surface area contributed by atoms with Crippen LogP contribution in [-0.4, -0.2) is 14.5 Å². The van der Waals surface area contributed by atoms with Crippen molar-refractivity contribution < 1.29 is 4.92 Å². The monoisotopic (exact) mass is 373 g/mol. The smallest absolute Gasteiger partial charge is 0.279 e. The number of benzene rings is 1. The number of hydrogen-bond acceptors (Lipinski definition) is 3. The van der Waals surface area contributed by atoms with Crippen LogP contribution in [0.1, 0.15) is 31.2 Å². The molecule has 0 amide bonds. The van der Waals surface area contributed by atoms with Gasteiger partial charge in [-0.1, -0.05) is 26.0 Å². The first kappa shape index (κ1) is 15.7. The lowest BCUT2D eigenvalue weighted by molar-refractivity contribution is -0.383. The average Bonchev–Trinajstić information content (AvgIpc) is 2.84. The van der Waals surface area contributed by atoms with E-state index in [0.29, 0.717) is 17.8 Å². The van der Waals surface area contributed by atoms with Gasteiger partial charge < -0.3 is 4.57 Å². The second kappa shape index (κ2) is 6.12. The molecular weight excluding hydrogens is 358 g/mol. The predicted octanol–water partition coefficient (Wildman–Crippen LogP) is 4.88. The topological polar surface area (TPSA) is 61.0 Å². The van der Waals surface area contributed by atoms with Crippen LogP contribution in [0.4, 0.5) is 5.69 Å². The number of fused-ring (bicyclic) bond motifs is 1. The van der Waals surface area contributed by atoms with E-state index in [1.807, 2.05) is 35.0 Å². The van der Waals surface area contributed by atoms with Crippen LogP contribution in [0.25, 0.3) is 10.9 Å². The Hall–Kier alpha value is -2.21. The van der Waals surface area contributed by atoms with E-state index in [1.54, 1.807) is 6.07 Å². The molecule has 0 aliphatic heterocycles. The zero-order valence-electron chi connectivity index (χ0n) is 12.9. The summed E-state index contributed by atoms with van der Waals surface area (Å²) in [5.74, 6) is 0.365. The van der Waals surface area contributed by atoms with E-state index in [2.05, 4.69) is 34.8 Å². The molecule has 3 aromatic rings. The molecule has 23 heavy (non-hydrogen) atoms. The minimum Gasteiger partial charge on any atom is -0.340 e. The van der Waals surface area contributed by atoms with Gasteiger partial charge in [-0.2, -0.15) is 0 Å². The fourth-order valence-electron chi connectivity index (χ4n) is 2.65. The fourth-order valence-corrected chi connectivity index (χ4v) is 3.30. The summed E-state index contributed by atoms with van der Waals surface area (Å²) in [4.78, 5) is 15.5. The number of aromatic nitrogens is 2. The molecule has 0 spiro atoms. The van der Waals surface area contributed by atoms with Crippen molar-refractivity contribution in [2.24, 2.45) is 0 Å². The Morgan fingerprint density at radius 3 is 2.70 bits per heavy atom. The zero-order chi connectivity index (χ0) is 16.6. The molecule has 2 aromatic heterocycles. The Morgan fingerprint density at radius 2 is 2.00 bits per heavy atom. The third kappa shape index (κ3) is 2.99. The van der Waals surface area contributed by atoms with Gasteiger partial charge in [-0.15, -0.1) is 0 Å². The quantitative estimate of drug-likeness (QED) is 0.483. The van der Waals surface area contributed by atoms with Crippen molar-refractivity contribution in [3.05, 3.63) is 68.6 Å². The molecular formula is C17H16BrN3O2. The van der Waals surface area contributed by atoms with Gasteiger partial charge in [-0.05, 0) is 40.0 Å². The third-order valence-electron chi connectivity index (χ3n) is 3.79. The Labute approximate surface area is 142 Å². The normalized spacial score (nSPS) is 11.3. The fraction of sp³-hybridized carbons (Fsp3) is 0.235. The molecule has 118 valence electrons. The van der Waals surface area contributed by atoms with E-state index in [4.69, 9.17) is 0 Å². The van der Waals surface area contributed by atoms with E-state index in [-0.39, 0.29) is 10.6 Å². The summed E-state index contributed by atoms with van der Waals surface area (Å²) < 4.78 is 2.71. The van der Waals surface area contributed by atoms with Gasteiger partial charge in [0.2, 0.25) is 0 Å². The number of nitro groups is 1. The molecule has 3 rings (SSSR count). The number of nitrogens with zero attached hydrogens (tertiary/aromatic N) is 3. The highest BCUT2D eigenvalue weighted by atomic mass is 79.9. The lowest BCUT2D eigenvalue weighted by Crippen LogP contribution is -2.03. The summed E-state index contributed by atoms with van der Waals surface area (Å²) in [5, 5.41) is 11.8. The predicted molar refractivity (Wildman–Crippen MR) is 93.7 cm³/mol. The molecule has 0 fully saturated rings. The van der Waals surface area contributed by atoms with Gasteiger partial charge in [-0.25, -0.2) is 0 Å². The van der Waals surface area contributed by atoms with E-state index in [0.717, 1.165) is 21.4 Å². The summed E-state index contributed by atoms with van der Waals surface area (Å²) in [6.45, 7) is 4.79. The number of pyridine rings is 1. The maximum absolute atomic E-state index is 11.2. The molecule has 0 saturated carbocycles. The van der Waals surface area contributed by atoms with Crippen molar-refractivity contribution in [3.63, 3.8) is 0 Å². The zero-order valence-corrected chi connectivity index (χ0v) is 14.4. The minimum absolute atomic E-state index is 0.108. The van der Waals surface area contributed by atoms with Gasteiger partial charge in [0, 0.05) is 22.4 Å². The van der Waals surface area contributed by atoms with Crippen LogP contribution in [-0.2, 0) is 6.54 Å². The number of hydrogen-bond donors (Lipinski definition) is 0. The molecule has 0 atom stereocenters. The van der Waals surface area contributed by atoms with E-state index in [9.17, 15) is 10.1 Å². The average molecular weight is 374 g/mol. The number of halogens is 1. The largest absolute Gasteiger partial charge is 0.340 e. The number of rotatable bonds is 4. The van der Waals surface area contributed by atoms with Crippen LogP contribution in [0.15, 0.2) is 47.1 Å². The highest BCUT2D eigenvalue weighted by Gasteiger charge is 2.18. The van der Waals surface area contributed by atoms with Crippen LogP contribution >= 0.6 is 15.9 Å². The highest BCUT2D eigenvalue weighted by molar-refractivity contribution is 9.10. The molecule has 0 radical (unpaired) electrons. The van der Waals surface area contributed by atoms with Crippen molar-refractivity contribution in [2.45, 2.75) is 26.3 Å². The van der Waals surface area contributed by atoms with Crippen molar-refractivity contribution in [1.29, 1.82) is 0 Å². The van der Waals surface area contributed by atoms with Gasteiger partial charge in [0.1, 0.15) is 0 Å². The van der Waals surface area contributed by atoms with Crippen LogP contribution < -0.4 is 0 Å². The maximum Gasteiger partial charge on any atom is 0.279 e. The van der Waals surface area contributed by atoms with Crippen LogP contribution in [0.3, 0.4) is 0 Å². The standard InChI is InChI=1S/C17H16BrN3O2/c1-11(2)14-6-3-5-12(19-14)9-20-10-13(18)17-15(20)7-4-8-16(17)21(22)23/h3-8,10-11H,9H2,1-2H3. The van der Waals surface area contributed by atoms with E-state index >= 15 is 0 Å². The van der Waals surface area contributed by atoms with Gasteiger partial charge in [0.05, 0.1) is 28.1 Å². The van der Waals surface area contributed by atoms with E-state index in [1.165, 1.54) is 6.07 Å². The second-order valence-corrected chi connectivity index (χ2v) is 6.60. The molecule has 2 heterocycles. The van der Waals surface area contributed by atoms with Crippen LogP contribution in [0, 0.1) is 10.1 Å². The first-order chi connectivity index (χ1) is 11.0. The van der Waals surface area contributed by atoms with Gasteiger partial charge >= 0.3 is 0 Å². The molecule has 0 saturated heterocycles. The van der Waals surface area contributed by atoms with Crippen molar-refractivity contribution in [3.8, 4) is 0 Å². The molecule has 0 aliphatic rings. The second-order valence-electron chi connectivity index (χ2n) is 5.74. The highest BCUT2D eigenvalue weighted by Crippen LogP contribution is 2.34. The lowest BCUT2D eigenvalue weighted by Gasteiger charge is -2.09. The Kier molecular flexibility index (Phi) is 4.17. The minimum atomic E-state index is -0.352. The summed E-state index contributed by atoms with van der Waals surface area (Å²) >= 11 is 3.44. The number of non-ortho nitro benzene ring substituents is 1. The molecule has 0 unspecified atom stereocenters. The summed E-state index contributed by atoms with van der Waals surface area (Å²) in [5.41, 5.74) is 2.91. The Bertz CT molecular complexity index is 887. The third-order valence-corrected chi connectivity index (χ3v) is 4.39. The van der Waals surface area contributed by atoms with Gasteiger partial charge in [0.25, 0.3) is 5.69 Å². The molecule has 5 nitrogen and oxygen atoms in total. The Balaban J connectivity index is 2.06. The van der Waals surface area contributed by atoms with Crippen LogP contribution in [0.5, 0.6) is 0 Å². The first-order valence-corrected chi connectivity index (χ1v) is 8.14. The molecule has 0 aliphatic carbocycles. The molecule has 0 N–H and O–H groups in total. The Morgan fingerprint density at radius 1 is 1.26 bits per heavy atom. The molecule has 0 bridgehead atoms. The number of nitro benzene ring substituents is 1. The van der Waals surface area contributed by atoms with Gasteiger partial charge in [-0.3, -0.25) is 15.1 Å². The van der Waals surface area contributed by atoms with E-state index < -0.39 is 0 Å². The first-order valence-electron chi connectivity index (χ1n) is 7.35. The SMILES string of the molecule is CC(C)c1cccc(Cn2cc(Br)c3c([N+](=O)[O-])cccc32)n1. The van der Waals surface area contributed by atoms with Crippen molar-refractivity contribution >= 4 is 32.5 Å². The summed E-state index contributed by atoms with van der Waals surface area (Å²) in [6, 6.07) is 11.1. The lowest BCUT2D eigenvalue weighted by atomic mass is 10.1. The van der Waals surface area contributed by atoms with Crippen molar-refractivity contribution in [1.82, 2.24) is 9.55 Å².